The number of amidine groups is 1. The highest BCUT2D eigenvalue weighted by Crippen LogP contribution is 2.24. The predicted molar refractivity (Wildman–Crippen MR) is 120 cm³/mol. The van der Waals surface area contributed by atoms with Gasteiger partial charge in [-0.3, -0.25) is 10.2 Å². The topological polar surface area (TPSA) is 200 Å². The summed E-state index contributed by atoms with van der Waals surface area (Å²) in [4.78, 5) is 45.0. The molecular weight excluding hydrogens is 530 g/mol. The van der Waals surface area contributed by atoms with Gasteiger partial charge in [0.15, 0.2) is 11.6 Å². The average Bonchev–Trinajstić information content (AvgIpc) is 3.26. The van der Waals surface area contributed by atoms with E-state index in [0.29, 0.717) is 4.88 Å². The van der Waals surface area contributed by atoms with Crippen molar-refractivity contribution in [3.05, 3.63) is 51.5 Å². The normalized spacial score (nSPS) is 12.4. The first-order chi connectivity index (χ1) is 17.1. The summed E-state index contributed by atoms with van der Waals surface area (Å²) in [5.74, 6) is -7.52. The van der Waals surface area contributed by atoms with Crippen LogP contribution in [0.5, 0.6) is 5.75 Å². The summed E-state index contributed by atoms with van der Waals surface area (Å²) < 4.78 is 50.8. The Hall–Kier alpha value is -4.05. The van der Waals surface area contributed by atoms with Crippen LogP contribution in [0.1, 0.15) is 27.0 Å². The van der Waals surface area contributed by atoms with E-state index in [1.165, 1.54) is 18.2 Å². The number of alkyl halides is 3. The number of aliphatic carboxylic acids is 2. The number of carbonyl (C=O) groups is 4. The SMILES string of the molecule is CC(Cc1ccc(C(=O)Oc2ccc(C(=N)N)cc2F)s1)C(=O)N[C@@H](CO)C(=O)O.O=C(O)C(F)(F)F. The van der Waals surface area contributed by atoms with Crippen LogP contribution < -0.4 is 15.8 Å². The zero-order chi connectivity index (χ0) is 28.5. The largest absolute Gasteiger partial charge is 0.490 e. The van der Waals surface area contributed by atoms with E-state index in [-0.39, 0.29) is 28.4 Å². The lowest BCUT2D eigenvalue weighted by Gasteiger charge is -2.15. The molecule has 2 aromatic rings. The first-order valence-corrected chi connectivity index (χ1v) is 10.8. The van der Waals surface area contributed by atoms with Crippen molar-refractivity contribution in [3.63, 3.8) is 0 Å². The van der Waals surface area contributed by atoms with Gasteiger partial charge in [0.25, 0.3) is 0 Å². The number of benzene rings is 1. The summed E-state index contributed by atoms with van der Waals surface area (Å²) in [6.45, 7) is 0.849. The lowest BCUT2D eigenvalue weighted by atomic mass is 10.1. The number of nitrogens with one attached hydrogen (secondary N) is 2. The fraction of sp³-hybridized carbons (Fsp3) is 0.286. The van der Waals surface area contributed by atoms with Crippen molar-refractivity contribution in [2.45, 2.75) is 25.6 Å². The van der Waals surface area contributed by atoms with Crippen LogP contribution in [0.25, 0.3) is 0 Å². The summed E-state index contributed by atoms with van der Waals surface area (Å²) in [5, 5.41) is 34.5. The van der Waals surface area contributed by atoms with Gasteiger partial charge in [0.1, 0.15) is 16.8 Å². The van der Waals surface area contributed by atoms with Crippen LogP contribution in [0.3, 0.4) is 0 Å². The van der Waals surface area contributed by atoms with Crippen LogP contribution in [0.15, 0.2) is 30.3 Å². The Morgan fingerprint density at radius 3 is 2.22 bits per heavy atom. The second kappa shape index (κ2) is 13.3. The van der Waals surface area contributed by atoms with Crippen molar-refractivity contribution >= 4 is 41.0 Å². The third-order valence-corrected chi connectivity index (χ3v) is 5.39. The number of halogens is 4. The molecule has 0 bridgehead atoms. The molecule has 37 heavy (non-hydrogen) atoms. The summed E-state index contributed by atoms with van der Waals surface area (Å²) in [6, 6.07) is 5.24. The van der Waals surface area contributed by atoms with Crippen LogP contribution in [0, 0.1) is 17.1 Å². The number of aliphatic hydroxyl groups is 1. The molecule has 2 atom stereocenters. The number of ether oxygens (including phenoxy) is 1. The van der Waals surface area contributed by atoms with Crippen LogP contribution in [0.2, 0.25) is 0 Å². The molecule has 1 amide bonds. The van der Waals surface area contributed by atoms with Crippen molar-refractivity contribution in [2.24, 2.45) is 11.7 Å². The Morgan fingerprint density at radius 2 is 1.76 bits per heavy atom. The number of hydrogen-bond donors (Lipinski definition) is 6. The smallest absolute Gasteiger partial charge is 0.480 e. The summed E-state index contributed by atoms with van der Waals surface area (Å²) in [5.41, 5.74) is 5.44. The number of rotatable bonds is 9. The molecular formula is C21H21F4N3O8S. The van der Waals surface area contributed by atoms with Gasteiger partial charge in [-0.15, -0.1) is 11.3 Å². The molecule has 7 N–H and O–H groups in total. The molecule has 0 aliphatic heterocycles. The van der Waals surface area contributed by atoms with E-state index < -0.39 is 54.4 Å². The molecule has 0 aliphatic rings. The van der Waals surface area contributed by atoms with E-state index in [2.05, 4.69) is 5.32 Å². The molecule has 0 aliphatic carbocycles. The third-order valence-electron chi connectivity index (χ3n) is 4.30. The number of aliphatic hydroxyl groups excluding tert-OH is 1. The first-order valence-electron chi connectivity index (χ1n) is 9.95. The molecule has 2 rings (SSSR count). The molecule has 1 heterocycles. The minimum Gasteiger partial charge on any atom is -0.480 e. The van der Waals surface area contributed by atoms with E-state index in [9.17, 15) is 31.9 Å². The van der Waals surface area contributed by atoms with Crippen molar-refractivity contribution in [1.29, 1.82) is 5.41 Å². The van der Waals surface area contributed by atoms with E-state index in [1.807, 2.05) is 0 Å². The number of amides is 1. The number of nitrogens with two attached hydrogens (primary N) is 1. The van der Waals surface area contributed by atoms with Crippen molar-refractivity contribution in [1.82, 2.24) is 5.32 Å². The molecule has 1 aromatic carbocycles. The molecule has 0 saturated heterocycles. The van der Waals surface area contributed by atoms with Gasteiger partial charge in [0, 0.05) is 16.4 Å². The van der Waals surface area contributed by atoms with Gasteiger partial charge >= 0.3 is 24.1 Å². The molecule has 0 spiro atoms. The number of carboxylic acid groups (broad SMARTS) is 2. The van der Waals surface area contributed by atoms with Crippen LogP contribution in [0.4, 0.5) is 17.6 Å². The monoisotopic (exact) mass is 551 g/mol. The lowest BCUT2D eigenvalue weighted by molar-refractivity contribution is -0.192. The van der Waals surface area contributed by atoms with E-state index in [1.54, 1.807) is 13.0 Å². The van der Waals surface area contributed by atoms with Crippen LogP contribution >= 0.6 is 11.3 Å². The zero-order valence-electron chi connectivity index (χ0n) is 18.8. The summed E-state index contributed by atoms with van der Waals surface area (Å²) in [7, 11) is 0. The van der Waals surface area contributed by atoms with E-state index in [4.69, 9.17) is 36.0 Å². The van der Waals surface area contributed by atoms with Crippen molar-refractivity contribution in [2.75, 3.05) is 6.61 Å². The maximum atomic E-state index is 14.0. The molecule has 202 valence electrons. The first kappa shape index (κ1) is 31.0. The summed E-state index contributed by atoms with van der Waals surface area (Å²) in [6.07, 6.45) is -4.86. The highest BCUT2D eigenvalue weighted by molar-refractivity contribution is 7.13. The molecule has 0 saturated carbocycles. The number of thiophene rings is 1. The minimum absolute atomic E-state index is 0.157. The number of esters is 1. The molecule has 0 fully saturated rings. The second-order valence-corrected chi connectivity index (χ2v) is 8.37. The van der Waals surface area contributed by atoms with Gasteiger partial charge in [-0.05, 0) is 36.8 Å². The molecule has 0 radical (unpaired) electrons. The Kier molecular flexibility index (Phi) is 11.1. The molecule has 11 nitrogen and oxygen atoms in total. The van der Waals surface area contributed by atoms with Crippen molar-refractivity contribution < 1.29 is 56.8 Å². The molecule has 16 heteroatoms. The fourth-order valence-corrected chi connectivity index (χ4v) is 3.41. The van der Waals surface area contributed by atoms with Gasteiger partial charge in [-0.25, -0.2) is 18.8 Å². The van der Waals surface area contributed by atoms with Crippen LogP contribution in [-0.4, -0.2) is 63.8 Å². The second-order valence-electron chi connectivity index (χ2n) is 7.20. The third kappa shape index (κ3) is 9.85. The highest BCUT2D eigenvalue weighted by atomic mass is 32.1. The highest BCUT2D eigenvalue weighted by Gasteiger charge is 2.38. The van der Waals surface area contributed by atoms with Gasteiger partial charge < -0.3 is 31.1 Å². The average molecular weight is 551 g/mol. The Bertz CT molecular complexity index is 1170. The standard InChI is InChI=1S/C19H20FN3O6S.C2HF3O2/c1-9(17(25)23-13(8-24)18(26)27)6-11-3-5-15(30-11)19(28)29-14-4-2-10(16(21)22)7-12(14)20;3-2(4,5)1(6)7/h2-5,7,9,13,24H,6,8H2,1H3,(H3,21,22)(H,23,25)(H,26,27);(H,6,7)/t9?,13-;/m0./s1. The molecule has 1 unspecified atom stereocenters. The maximum absolute atomic E-state index is 14.0. The fourth-order valence-electron chi connectivity index (χ4n) is 2.39. The number of carbonyl (C=O) groups excluding carboxylic acids is 2. The Morgan fingerprint density at radius 1 is 1.16 bits per heavy atom. The Labute approximate surface area is 210 Å². The molecule has 1 aromatic heterocycles. The van der Waals surface area contributed by atoms with E-state index in [0.717, 1.165) is 17.4 Å². The quantitative estimate of drug-likeness (QED) is 0.0883. The van der Waals surface area contributed by atoms with Gasteiger partial charge in [0.2, 0.25) is 5.91 Å². The number of nitrogen functional groups attached to an aromatic ring is 1. The van der Waals surface area contributed by atoms with Gasteiger partial charge in [0.05, 0.1) is 6.61 Å². The van der Waals surface area contributed by atoms with Crippen LogP contribution in [-0.2, 0) is 20.8 Å². The zero-order valence-corrected chi connectivity index (χ0v) is 19.7. The Balaban J connectivity index is 0.000000856. The number of carboxylic acids is 2. The minimum atomic E-state index is -5.08. The summed E-state index contributed by atoms with van der Waals surface area (Å²) >= 11 is 1.05. The van der Waals surface area contributed by atoms with Gasteiger partial charge in [-0.1, -0.05) is 6.92 Å². The maximum Gasteiger partial charge on any atom is 0.490 e. The predicted octanol–water partition coefficient (Wildman–Crippen LogP) is 1.76. The van der Waals surface area contributed by atoms with Crippen molar-refractivity contribution in [3.8, 4) is 5.75 Å². The lowest BCUT2D eigenvalue weighted by Crippen LogP contribution is -2.45. The van der Waals surface area contributed by atoms with Gasteiger partial charge in [-0.2, -0.15) is 13.2 Å². The number of hydrogen-bond acceptors (Lipinski definition) is 8. The van der Waals surface area contributed by atoms with E-state index >= 15 is 0 Å².